The molecule has 0 bridgehead atoms. The molecule has 0 amide bonds. The lowest BCUT2D eigenvalue weighted by molar-refractivity contribution is 0.00539. The minimum Gasteiger partial charge on any atom is -0.493 e. The van der Waals surface area contributed by atoms with E-state index in [1.54, 1.807) is 14.2 Å². The summed E-state index contributed by atoms with van der Waals surface area (Å²) in [5.41, 5.74) is 3.13. The van der Waals surface area contributed by atoms with Crippen molar-refractivity contribution in [2.24, 2.45) is 5.18 Å². The first-order valence-electron chi connectivity index (χ1n) is 15.3. The van der Waals surface area contributed by atoms with Crippen molar-refractivity contribution in [2.45, 2.75) is 37.5 Å². The van der Waals surface area contributed by atoms with Gasteiger partial charge in [-0.2, -0.15) is 4.91 Å². The number of methoxy groups -OCH3 is 2. The summed E-state index contributed by atoms with van der Waals surface area (Å²) in [5.74, 6) is 2.83. The number of nitroso groups, excluding NO2 is 1. The second-order valence-electron chi connectivity index (χ2n) is 11.0. The summed E-state index contributed by atoms with van der Waals surface area (Å²) in [7, 11) is 3.41. The first-order valence-corrected chi connectivity index (χ1v) is 15.3. The van der Waals surface area contributed by atoms with Gasteiger partial charge in [0.25, 0.3) is 0 Å². The summed E-state index contributed by atoms with van der Waals surface area (Å²) in [4.78, 5) is 14.2. The van der Waals surface area contributed by atoms with Crippen LogP contribution in [0.4, 0.5) is 5.69 Å². The van der Waals surface area contributed by atoms with Gasteiger partial charge in [0.2, 0.25) is 0 Å². The highest BCUT2D eigenvalue weighted by Crippen LogP contribution is 2.35. The third-order valence-corrected chi connectivity index (χ3v) is 7.94. The van der Waals surface area contributed by atoms with Crippen LogP contribution in [0.3, 0.4) is 0 Å². The van der Waals surface area contributed by atoms with E-state index in [0.717, 1.165) is 60.9 Å². The maximum Gasteiger partial charge on any atom is 0.142 e. The Morgan fingerprint density at radius 1 is 0.909 bits per heavy atom. The topological polar surface area (TPSA) is 100 Å². The average molecular weight is 606 g/mol. The van der Waals surface area contributed by atoms with Crippen LogP contribution in [-0.4, -0.2) is 79.0 Å². The number of nitrogens with zero attached hydrogens (tertiary/aromatic N) is 2. The van der Waals surface area contributed by atoms with Crippen molar-refractivity contribution in [3.63, 3.8) is 0 Å². The van der Waals surface area contributed by atoms with E-state index in [4.69, 9.17) is 28.4 Å². The molecule has 0 unspecified atom stereocenters. The predicted octanol–water partition coefficient (Wildman–Crippen LogP) is 5.54. The number of fused-ring (bicyclic) bond motifs is 1. The van der Waals surface area contributed by atoms with E-state index < -0.39 is 6.04 Å². The lowest BCUT2D eigenvalue weighted by Crippen LogP contribution is -2.48. The molecule has 10 heteroatoms. The van der Waals surface area contributed by atoms with Crippen molar-refractivity contribution in [1.29, 1.82) is 0 Å². The molecule has 2 heterocycles. The number of anilines is 1. The zero-order chi connectivity index (χ0) is 30.6. The molecule has 1 saturated heterocycles. The lowest BCUT2D eigenvalue weighted by atomic mass is 9.84. The van der Waals surface area contributed by atoms with E-state index in [1.165, 1.54) is 0 Å². The summed E-state index contributed by atoms with van der Waals surface area (Å²) in [5, 5.41) is 6.80. The highest BCUT2D eigenvalue weighted by molar-refractivity contribution is 5.61. The average Bonchev–Trinajstić information content (AvgIpc) is 3.06. The first kappa shape index (κ1) is 31.7. The molecule has 10 nitrogen and oxygen atoms in total. The second kappa shape index (κ2) is 16.4. The first-order chi connectivity index (χ1) is 21.7. The Balaban J connectivity index is 1.23. The van der Waals surface area contributed by atoms with Crippen molar-refractivity contribution in [1.82, 2.24) is 5.32 Å². The van der Waals surface area contributed by atoms with Crippen molar-refractivity contribution < 1.29 is 28.4 Å². The molecule has 2 aliphatic rings. The van der Waals surface area contributed by atoms with Gasteiger partial charge in [-0.05, 0) is 53.9 Å². The summed E-state index contributed by atoms with van der Waals surface area (Å²) in [6.07, 6.45) is 1.54. The minimum atomic E-state index is -0.444. The molecule has 1 fully saturated rings. The Hall–Kier alpha value is -3.70. The summed E-state index contributed by atoms with van der Waals surface area (Å²) in [6.45, 7) is 5.93. The molecule has 0 saturated carbocycles. The van der Waals surface area contributed by atoms with E-state index in [1.807, 2.05) is 60.7 Å². The number of ether oxygens (including phenoxy) is 6. The molecule has 5 rings (SSSR count). The van der Waals surface area contributed by atoms with E-state index in [9.17, 15) is 4.91 Å². The predicted molar refractivity (Wildman–Crippen MR) is 169 cm³/mol. The van der Waals surface area contributed by atoms with Crippen LogP contribution in [0.25, 0.3) is 0 Å². The molecule has 0 aliphatic carbocycles. The molecule has 0 spiro atoms. The number of hydrogen-bond acceptors (Lipinski definition) is 10. The molecular formula is C34H43N3O7. The van der Waals surface area contributed by atoms with Gasteiger partial charge in [0.05, 0.1) is 31.5 Å². The van der Waals surface area contributed by atoms with E-state index >= 15 is 0 Å². The summed E-state index contributed by atoms with van der Waals surface area (Å²) in [6, 6.07) is 21.2. The zero-order valence-electron chi connectivity index (χ0n) is 25.6. The van der Waals surface area contributed by atoms with Gasteiger partial charge in [0.15, 0.2) is 0 Å². The summed E-state index contributed by atoms with van der Waals surface area (Å²) < 4.78 is 34.6. The number of hydrogen-bond donors (Lipinski definition) is 1. The van der Waals surface area contributed by atoms with Crippen LogP contribution in [0.5, 0.6) is 23.0 Å². The molecule has 44 heavy (non-hydrogen) atoms. The van der Waals surface area contributed by atoms with E-state index in [0.29, 0.717) is 51.0 Å². The Kier molecular flexibility index (Phi) is 11.8. The Bertz CT molecular complexity index is 1320. The normalized spacial score (nSPS) is 19.6. The van der Waals surface area contributed by atoms with Crippen LogP contribution in [0.2, 0.25) is 0 Å². The fourth-order valence-corrected chi connectivity index (χ4v) is 5.74. The molecule has 236 valence electrons. The number of benzene rings is 3. The van der Waals surface area contributed by atoms with Gasteiger partial charge in [-0.3, -0.25) is 0 Å². The van der Waals surface area contributed by atoms with Crippen molar-refractivity contribution in [2.75, 3.05) is 71.7 Å². The van der Waals surface area contributed by atoms with Crippen molar-refractivity contribution in [3.8, 4) is 23.0 Å². The Morgan fingerprint density at radius 3 is 2.55 bits per heavy atom. The number of rotatable bonds is 16. The zero-order valence-corrected chi connectivity index (χ0v) is 25.6. The minimum absolute atomic E-state index is 0.182. The van der Waals surface area contributed by atoms with Gasteiger partial charge in [-0.15, -0.1) is 0 Å². The van der Waals surface area contributed by atoms with Gasteiger partial charge < -0.3 is 38.6 Å². The number of piperidine rings is 1. The largest absolute Gasteiger partial charge is 0.493 e. The fourth-order valence-electron chi connectivity index (χ4n) is 5.74. The molecule has 3 atom stereocenters. The van der Waals surface area contributed by atoms with Gasteiger partial charge in [0, 0.05) is 65.5 Å². The van der Waals surface area contributed by atoms with Crippen LogP contribution in [0, 0.1) is 4.91 Å². The Morgan fingerprint density at radius 2 is 1.73 bits per heavy atom. The molecule has 0 aromatic heterocycles. The highest BCUT2D eigenvalue weighted by Gasteiger charge is 2.36. The van der Waals surface area contributed by atoms with Crippen LogP contribution in [0.1, 0.15) is 29.9 Å². The van der Waals surface area contributed by atoms with Crippen LogP contribution >= 0.6 is 0 Å². The fraction of sp³-hybridized carbons (Fsp3) is 0.471. The van der Waals surface area contributed by atoms with Gasteiger partial charge >= 0.3 is 0 Å². The second-order valence-corrected chi connectivity index (χ2v) is 11.0. The van der Waals surface area contributed by atoms with Crippen LogP contribution < -0.4 is 24.4 Å². The molecular weight excluding hydrogens is 562 g/mol. The quantitative estimate of drug-likeness (QED) is 0.167. The molecule has 0 radical (unpaired) electrons. The monoisotopic (exact) mass is 605 g/mol. The van der Waals surface area contributed by atoms with Crippen molar-refractivity contribution >= 4 is 5.69 Å². The summed E-state index contributed by atoms with van der Waals surface area (Å²) >= 11 is 0. The Labute approximate surface area is 259 Å². The highest BCUT2D eigenvalue weighted by atomic mass is 16.5. The molecule has 3 aromatic rings. The standard InChI is InChI=1S/C34H43N3O7/c1-39-16-4-14-37-15-19-42-32-13-8-25(20-31(32)37)24-43-33-23-35-22-30(36-38)34(33)26-9-11-27(12-10-26)44-29-7-3-6-28(21-29)41-18-5-17-40-2/h3,6-13,20-21,30,33-35H,4-5,14-19,22-24H2,1-2H3/t30-,33+,34+/m1/s1. The molecule has 2 aliphatic heterocycles. The van der Waals surface area contributed by atoms with E-state index in [2.05, 4.69) is 21.5 Å². The maximum absolute atomic E-state index is 11.9. The molecule has 1 N–H and O–H groups in total. The third kappa shape index (κ3) is 8.47. The third-order valence-electron chi connectivity index (χ3n) is 7.94. The van der Waals surface area contributed by atoms with E-state index in [-0.39, 0.29) is 12.0 Å². The maximum atomic E-state index is 11.9. The smallest absolute Gasteiger partial charge is 0.142 e. The SMILES string of the molecule is COCCCOc1cccc(Oc2ccc([C@@H]3[C@@H](OCc4ccc5c(c4)N(CCCOC)CCO5)CNC[C@H]3N=O)cc2)c1. The van der Waals surface area contributed by atoms with Gasteiger partial charge in [-0.25, -0.2) is 0 Å². The lowest BCUT2D eigenvalue weighted by Gasteiger charge is -2.36. The molecule has 3 aromatic carbocycles. The van der Waals surface area contributed by atoms with Crippen LogP contribution in [-0.2, 0) is 20.8 Å². The van der Waals surface area contributed by atoms with Crippen molar-refractivity contribution in [3.05, 3.63) is 82.8 Å². The van der Waals surface area contributed by atoms with Crippen LogP contribution in [0.15, 0.2) is 71.9 Å². The van der Waals surface area contributed by atoms with Gasteiger partial charge in [-0.1, -0.05) is 29.4 Å². The van der Waals surface area contributed by atoms with Gasteiger partial charge in [0.1, 0.15) is 35.6 Å². The number of nitrogens with one attached hydrogen (secondary N) is 1.